The molecule has 2 rings (SSSR count). The van der Waals surface area contributed by atoms with E-state index in [4.69, 9.17) is 4.74 Å². The molecule has 0 spiro atoms. The van der Waals surface area contributed by atoms with Gasteiger partial charge in [0.15, 0.2) is 0 Å². The van der Waals surface area contributed by atoms with Crippen molar-refractivity contribution in [3.63, 3.8) is 0 Å². The summed E-state index contributed by atoms with van der Waals surface area (Å²) in [6.45, 7) is 2.14. The van der Waals surface area contributed by atoms with Crippen LogP contribution in [0, 0.1) is 0 Å². The van der Waals surface area contributed by atoms with E-state index in [1.54, 1.807) is 7.11 Å². The van der Waals surface area contributed by atoms with E-state index in [1.807, 2.05) is 18.2 Å². The topological polar surface area (TPSA) is 46.2 Å². The molecule has 0 radical (unpaired) electrons. The standard InChI is InChI=1S/C11H17N3O/c1-15-11-6-2-5-10(14-11)13-9-4-3-7-12-8-9/h2,5-6,9,12H,3-4,7-8H2,1H3,(H,13,14). The van der Waals surface area contributed by atoms with Crippen molar-refractivity contribution in [2.24, 2.45) is 0 Å². The first kappa shape index (κ1) is 10.2. The second-order valence-corrected chi connectivity index (χ2v) is 3.75. The van der Waals surface area contributed by atoms with Crippen LogP contribution < -0.4 is 15.4 Å². The van der Waals surface area contributed by atoms with Gasteiger partial charge in [-0.3, -0.25) is 0 Å². The zero-order valence-corrected chi connectivity index (χ0v) is 8.99. The second kappa shape index (κ2) is 4.98. The summed E-state index contributed by atoms with van der Waals surface area (Å²) in [6, 6.07) is 6.25. The van der Waals surface area contributed by atoms with E-state index in [9.17, 15) is 0 Å². The molecule has 1 saturated heterocycles. The number of aromatic nitrogens is 1. The molecular formula is C11H17N3O. The summed E-state index contributed by atoms with van der Waals surface area (Å²) in [7, 11) is 1.63. The minimum atomic E-state index is 0.485. The Morgan fingerprint density at radius 3 is 3.20 bits per heavy atom. The Hall–Kier alpha value is -1.29. The van der Waals surface area contributed by atoms with Crippen molar-refractivity contribution in [3.05, 3.63) is 18.2 Å². The number of nitrogens with one attached hydrogen (secondary N) is 2. The Morgan fingerprint density at radius 1 is 1.53 bits per heavy atom. The van der Waals surface area contributed by atoms with Gasteiger partial charge in [-0.15, -0.1) is 0 Å². The molecule has 1 aliphatic heterocycles. The van der Waals surface area contributed by atoms with Gasteiger partial charge in [0.05, 0.1) is 7.11 Å². The van der Waals surface area contributed by atoms with Crippen LogP contribution in [0.3, 0.4) is 0 Å². The highest BCUT2D eigenvalue weighted by molar-refractivity contribution is 5.38. The number of hydrogen-bond donors (Lipinski definition) is 2. The predicted octanol–water partition coefficient (Wildman–Crippen LogP) is 1.25. The summed E-state index contributed by atoms with van der Waals surface area (Å²) >= 11 is 0. The summed E-state index contributed by atoms with van der Waals surface area (Å²) in [5.41, 5.74) is 0. The van der Waals surface area contributed by atoms with Gasteiger partial charge in [0.25, 0.3) is 0 Å². The summed E-state index contributed by atoms with van der Waals surface area (Å²) < 4.78 is 5.08. The van der Waals surface area contributed by atoms with Crippen molar-refractivity contribution in [3.8, 4) is 5.88 Å². The molecule has 1 aromatic rings. The molecule has 1 aromatic heterocycles. The number of piperidine rings is 1. The Labute approximate surface area is 90.0 Å². The number of anilines is 1. The molecule has 1 atom stereocenters. The zero-order chi connectivity index (χ0) is 10.5. The monoisotopic (exact) mass is 207 g/mol. The third kappa shape index (κ3) is 2.83. The maximum absolute atomic E-state index is 5.08. The number of hydrogen-bond acceptors (Lipinski definition) is 4. The number of methoxy groups -OCH3 is 1. The normalized spacial score (nSPS) is 21.0. The fourth-order valence-electron chi connectivity index (χ4n) is 1.79. The van der Waals surface area contributed by atoms with Crippen molar-refractivity contribution < 1.29 is 4.74 Å². The van der Waals surface area contributed by atoms with Gasteiger partial charge in [-0.25, -0.2) is 0 Å². The summed E-state index contributed by atoms with van der Waals surface area (Å²) in [6.07, 6.45) is 2.42. The van der Waals surface area contributed by atoms with Gasteiger partial charge in [-0.05, 0) is 25.5 Å². The molecule has 1 aliphatic rings. The smallest absolute Gasteiger partial charge is 0.214 e. The van der Waals surface area contributed by atoms with Crippen LogP contribution in [0.5, 0.6) is 5.88 Å². The second-order valence-electron chi connectivity index (χ2n) is 3.75. The molecule has 4 nitrogen and oxygen atoms in total. The lowest BCUT2D eigenvalue weighted by atomic mass is 10.1. The third-order valence-electron chi connectivity index (χ3n) is 2.58. The lowest BCUT2D eigenvalue weighted by Crippen LogP contribution is -2.38. The van der Waals surface area contributed by atoms with Gasteiger partial charge >= 0.3 is 0 Å². The van der Waals surface area contributed by atoms with Crippen molar-refractivity contribution in [2.45, 2.75) is 18.9 Å². The molecular weight excluding hydrogens is 190 g/mol. The molecule has 15 heavy (non-hydrogen) atoms. The van der Waals surface area contributed by atoms with E-state index >= 15 is 0 Å². The highest BCUT2D eigenvalue weighted by Crippen LogP contribution is 2.13. The van der Waals surface area contributed by atoms with Crippen molar-refractivity contribution in [1.82, 2.24) is 10.3 Å². The van der Waals surface area contributed by atoms with Crippen LogP contribution in [0.2, 0.25) is 0 Å². The average molecular weight is 207 g/mol. The van der Waals surface area contributed by atoms with Crippen LogP contribution >= 0.6 is 0 Å². The Balaban J connectivity index is 1.96. The first-order valence-electron chi connectivity index (χ1n) is 5.37. The third-order valence-corrected chi connectivity index (χ3v) is 2.58. The number of pyridine rings is 1. The van der Waals surface area contributed by atoms with Gasteiger partial charge in [-0.2, -0.15) is 4.98 Å². The Bertz CT molecular complexity index is 310. The Kier molecular flexibility index (Phi) is 3.40. The van der Waals surface area contributed by atoms with E-state index in [2.05, 4.69) is 15.6 Å². The van der Waals surface area contributed by atoms with Crippen molar-refractivity contribution in [2.75, 3.05) is 25.5 Å². The lowest BCUT2D eigenvalue weighted by Gasteiger charge is -2.24. The quantitative estimate of drug-likeness (QED) is 0.783. The first-order chi connectivity index (χ1) is 7.38. The lowest BCUT2D eigenvalue weighted by molar-refractivity contribution is 0.398. The average Bonchev–Trinajstić information content (AvgIpc) is 2.31. The fourth-order valence-corrected chi connectivity index (χ4v) is 1.79. The molecule has 0 bridgehead atoms. The van der Waals surface area contributed by atoms with E-state index in [1.165, 1.54) is 12.8 Å². The minimum Gasteiger partial charge on any atom is -0.481 e. The Morgan fingerprint density at radius 2 is 2.47 bits per heavy atom. The van der Waals surface area contributed by atoms with Gasteiger partial charge in [0.1, 0.15) is 5.82 Å². The maximum atomic E-state index is 5.08. The van der Waals surface area contributed by atoms with Crippen LogP contribution in [0.15, 0.2) is 18.2 Å². The van der Waals surface area contributed by atoms with Crippen molar-refractivity contribution in [1.29, 1.82) is 0 Å². The van der Waals surface area contributed by atoms with Gasteiger partial charge in [0, 0.05) is 18.7 Å². The van der Waals surface area contributed by atoms with Crippen LogP contribution in [0.4, 0.5) is 5.82 Å². The van der Waals surface area contributed by atoms with E-state index in [0.717, 1.165) is 18.9 Å². The van der Waals surface area contributed by atoms with Crippen LogP contribution in [-0.2, 0) is 0 Å². The molecule has 1 unspecified atom stereocenters. The molecule has 0 aromatic carbocycles. The highest BCUT2D eigenvalue weighted by Gasteiger charge is 2.12. The molecule has 0 saturated carbocycles. The SMILES string of the molecule is COc1cccc(NC2CCCNC2)n1. The molecule has 2 N–H and O–H groups in total. The molecule has 4 heteroatoms. The number of ether oxygens (including phenoxy) is 1. The molecule has 1 fully saturated rings. The zero-order valence-electron chi connectivity index (χ0n) is 8.99. The van der Waals surface area contributed by atoms with Crippen LogP contribution in [0.1, 0.15) is 12.8 Å². The first-order valence-corrected chi connectivity index (χ1v) is 5.37. The summed E-state index contributed by atoms with van der Waals surface area (Å²) in [5, 5.41) is 6.76. The van der Waals surface area contributed by atoms with Crippen LogP contribution in [0.25, 0.3) is 0 Å². The summed E-state index contributed by atoms with van der Waals surface area (Å²) in [5.74, 6) is 1.55. The van der Waals surface area contributed by atoms with E-state index in [-0.39, 0.29) is 0 Å². The maximum Gasteiger partial charge on any atom is 0.214 e. The fraction of sp³-hybridized carbons (Fsp3) is 0.545. The van der Waals surface area contributed by atoms with Crippen LogP contribution in [-0.4, -0.2) is 31.2 Å². The molecule has 0 amide bonds. The van der Waals surface area contributed by atoms with E-state index in [0.29, 0.717) is 11.9 Å². The molecule has 82 valence electrons. The van der Waals surface area contributed by atoms with Crippen molar-refractivity contribution >= 4 is 5.82 Å². The molecule has 0 aliphatic carbocycles. The largest absolute Gasteiger partial charge is 0.481 e. The number of nitrogens with zero attached hydrogens (tertiary/aromatic N) is 1. The molecule has 2 heterocycles. The van der Waals surface area contributed by atoms with Gasteiger partial charge < -0.3 is 15.4 Å². The van der Waals surface area contributed by atoms with Gasteiger partial charge in [0.2, 0.25) is 5.88 Å². The van der Waals surface area contributed by atoms with Gasteiger partial charge in [-0.1, -0.05) is 6.07 Å². The highest BCUT2D eigenvalue weighted by atomic mass is 16.5. The summed E-state index contributed by atoms with van der Waals surface area (Å²) in [4.78, 5) is 4.32. The number of rotatable bonds is 3. The minimum absolute atomic E-state index is 0.485. The predicted molar refractivity (Wildman–Crippen MR) is 60.3 cm³/mol. The van der Waals surface area contributed by atoms with E-state index < -0.39 is 0 Å².